The molecule has 2 N–H and O–H groups in total. The first-order chi connectivity index (χ1) is 12.0. The molecular formula is C17H15N3O5. The maximum Gasteiger partial charge on any atom is 0.274 e. The van der Waals surface area contributed by atoms with Crippen LogP contribution < -0.4 is 15.4 Å². The van der Waals surface area contributed by atoms with Gasteiger partial charge in [-0.3, -0.25) is 19.7 Å². The molecular weight excluding hydrogens is 326 g/mol. The molecule has 3 rings (SSSR count). The van der Waals surface area contributed by atoms with E-state index in [9.17, 15) is 19.7 Å². The molecule has 2 amide bonds. The lowest BCUT2D eigenvalue weighted by molar-refractivity contribution is -0.385. The number of para-hydroxylation sites is 2. The second-order valence-corrected chi connectivity index (χ2v) is 5.50. The SMILES string of the molecule is CC1Oc2c(cccc2C(=O)NCc2ccccc2[N+](=O)[O-])NC1=O. The molecule has 8 nitrogen and oxygen atoms in total. The van der Waals surface area contributed by atoms with Crippen molar-refractivity contribution in [3.63, 3.8) is 0 Å². The summed E-state index contributed by atoms with van der Waals surface area (Å²) in [7, 11) is 0. The molecule has 1 heterocycles. The first kappa shape index (κ1) is 16.4. The smallest absolute Gasteiger partial charge is 0.274 e. The first-order valence-electron chi connectivity index (χ1n) is 7.58. The number of benzene rings is 2. The number of fused-ring (bicyclic) bond motifs is 1. The third kappa shape index (κ3) is 3.27. The summed E-state index contributed by atoms with van der Waals surface area (Å²) < 4.78 is 5.53. The Kier molecular flexibility index (Phi) is 4.34. The molecule has 0 fully saturated rings. The Morgan fingerprint density at radius 2 is 2.04 bits per heavy atom. The third-order valence-corrected chi connectivity index (χ3v) is 3.81. The average molecular weight is 341 g/mol. The molecule has 0 spiro atoms. The molecule has 1 atom stereocenters. The van der Waals surface area contributed by atoms with Crippen LogP contribution in [0, 0.1) is 10.1 Å². The van der Waals surface area contributed by atoms with Crippen LogP contribution in [0.25, 0.3) is 0 Å². The van der Waals surface area contributed by atoms with Gasteiger partial charge in [-0.15, -0.1) is 0 Å². The van der Waals surface area contributed by atoms with E-state index in [1.54, 1.807) is 43.3 Å². The number of hydrogen-bond acceptors (Lipinski definition) is 5. The highest BCUT2D eigenvalue weighted by molar-refractivity contribution is 6.03. The molecule has 8 heteroatoms. The van der Waals surface area contributed by atoms with Gasteiger partial charge in [-0.1, -0.05) is 24.3 Å². The zero-order chi connectivity index (χ0) is 18.0. The van der Waals surface area contributed by atoms with Gasteiger partial charge in [0, 0.05) is 18.2 Å². The van der Waals surface area contributed by atoms with Crippen molar-refractivity contribution in [1.29, 1.82) is 0 Å². The molecule has 1 aliphatic heterocycles. The number of nitrogens with one attached hydrogen (secondary N) is 2. The Balaban J connectivity index is 1.81. The van der Waals surface area contributed by atoms with Crippen LogP contribution in [0.3, 0.4) is 0 Å². The molecule has 0 aliphatic carbocycles. The average Bonchev–Trinajstić information content (AvgIpc) is 2.60. The minimum absolute atomic E-state index is 0.00155. The number of hydrogen-bond donors (Lipinski definition) is 2. The second kappa shape index (κ2) is 6.60. The van der Waals surface area contributed by atoms with Crippen LogP contribution in [0.2, 0.25) is 0 Å². The van der Waals surface area contributed by atoms with Crippen molar-refractivity contribution in [2.24, 2.45) is 0 Å². The number of rotatable bonds is 4. The number of nitro benzene ring substituents is 1. The maximum absolute atomic E-state index is 12.5. The topological polar surface area (TPSA) is 111 Å². The van der Waals surface area contributed by atoms with E-state index in [-0.39, 0.29) is 29.5 Å². The predicted molar refractivity (Wildman–Crippen MR) is 89.4 cm³/mol. The van der Waals surface area contributed by atoms with Crippen molar-refractivity contribution in [1.82, 2.24) is 5.32 Å². The molecule has 25 heavy (non-hydrogen) atoms. The molecule has 0 aromatic heterocycles. The van der Waals surface area contributed by atoms with Crippen molar-refractivity contribution >= 4 is 23.2 Å². The summed E-state index contributed by atoms with van der Waals surface area (Å²) >= 11 is 0. The third-order valence-electron chi connectivity index (χ3n) is 3.81. The zero-order valence-electron chi connectivity index (χ0n) is 13.3. The van der Waals surface area contributed by atoms with Crippen LogP contribution >= 0.6 is 0 Å². The number of nitrogens with zero attached hydrogens (tertiary/aromatic N) is 1. The van der Waals surface area contributed by atoms with Crippen molar-refractivity contribution < 1.29 is 19.2 Å². The zero-order valence-corrected chi connectivity index (χ0v) is 13.3. The van der Waals surface area contributed by atoms with Gasteiger partial charge in [0.05, 0.1) is 16.2 Å². The number of carbonyl (C=O) groups is 2. The van der Waals surface area contributed by atoms with E-state index in [4.69, 9.17) is 4.74 Å². The van der Waals surface area contributed by atoms with Crippen molar-refractivity contribution in [3.8, 4) is 5.75 Å². The lowest BCUT2D eigenvalue weighted by atomic mass is 10.1. The number of amides is 2. The highest BCUT2D eigenvalue weighted by atomic mass is 16.6. The van der Waals surface area contributed by atoms with Crippen molar-refractivity contribution in [2.45, 2.75) is 19.6 Å². The minimum Gasteiger partial charge on any atom is -0.478 e. The fourth-order valence-electron chi connectivity index (χ4n) is 2.52. The van der Waals surface area contributed by atoms with Crippen molar-refractivity contribution in [2.75, 3.05) is 5.32 Å². The fraction of sp³-hybridized carbons (Fsp3) is 0.176. The summed E-state index contributed by atoms with van der Waals surface area (Å²) in [6.45, 7) is 1.59. The largest absolute Gasteiger partial charge is 0.478 e. The van der Waals surface area contributed by atoms with Gasteiger partial charge in [-0.05, 0) is 19.1 Å². The van der Waals surface area contributed by atoms with Crippen molar-refractivity contribution in [3.05, 3.63) is 63.7 Å². The van der Waals surface area contributed by atoms with Crippen LogP contribution in [0.5, 0.6) is 5.75 Å². The van der Waals surface area contributed by atoms with E-state index >= 15 is 0 Å². The Hall–Kier alpha value is -3.42. The van der Waals surface area contributed by atoms with E-state index in [2.05, 4.69) is 10.6 Å². The Morgan fingerprint density at radius 1 is 1.28 bits per heavy atom. The predicted octanol–water partition coefficient (Wildman–Crippen LogP) is 2.24. The van der Waals surface area contributed by atoms with Gasteiger partial charge in [-0.2, -0.15) is 0 Å². The molecule has 2 aromatic rings. The van der Waals surface area contributed by atoms with Crippen LogP contribution in [0.1, 0.15) is 22.8 Å². The fourth-order valence-corrected chi connectivity index (χ4v) is 2.52. The maximum atomic E-state index is 12.5. The van der Waals surface area contributed by atoms with E-state index in [1.807, 2.05) is 0 Å². The van der Waals surface area contributed by atoms with E-state index < -0.39 is 16.9 Å². The molecule has 0 saturated carbocycles. The number of nitro groups is 1. The van der Waals surface area contributed by atoms with Gasteiger partial charge in [0.2, 0.25) is 0 Å². The highest BCUT2D eigenvalue weighted by Gasteiger charge is 2.27. The second-order valence-electron chi connectivity index (χ2n) is 5.50. The Labute approximate surface area is 142 Å². The van der Waals surface area contributed by atoms with E-state index in [0.29, 0.717) is 11.3 Å². The first-order valence-corrected chi connectivity index (χ1v) is 7.58. The molecule has 1 unspecified atom stereocenters. The molecule has 0 bridgehead atoms. The van der Waals surface area contributed by atoms with Gasteiger partial charge in [0.25, 0.3) is 17.5 Å². The van der Waals surface area contributed by atoms with Crippen LogP contribution in [0.15, 0.2) is 42.5 Å². The normalized spacial score (nSPS) is 15.6. The molecule has 0 radical (unpaired) electrons. The summed E-state index contributed by atoms with van der Waals surface area (Å²) in [5, 5.41) is 16.3. The van der Waals surface area contributed by atoms with E-state index in [1.165, 1.54) is 6.07 Å². The summed E-state index contributed by atoms with van der Waals surface area (Å²) in [5.41, 5.74) is 1.01. The monoisotopic (exact) mass is 341 g/mol. The Morgan fingerprint density at radius 3 is 2.80 bits per heavy atom. The standard InChI is InChI=1S/C17H15N3O5/c1-10-16(21)19-13-7-4-6-12(15(13)25-10)17(22)18-9-11-5-2-3-8-14(11)20(23)24/h2-8,10H,9H2,1H3,(H,18,22)(H,19,21). The lowest BCUT2D eigenvalue weighted by Gasteiger charge is -2.25. The molecule has 0 saturated heterocycles. The Bertz CT molecular complexity index is 865. The lowest BCUT2D eigenvalue weighted by Crippen LogP contribution is -2.35. The molecule has 2 aromatic carbocycles. The van der Waals surface area contributed by atoms with Crippen LogP contribution in [0.4, 0.5) is 11.4 Å². The number of carbonyl (C=O) groups excluding carboxylic acids is 2. The van der Waals surface area contributed by atoms with Gasteiger partial charge in [0.15, 0.2) is 11.9 Å². The van der Waals surface area contributed by atoms with Crippen LogP contribution in [-0.4, -0.2) is 22.8 Å². The quantitative estimate of drug-likeness (QED) is 0.654. The number of ether oxygens (including phenoxy) is 1. The van der Waals surface area contributed by atoms with E-state index in [0.717, 1.165) is 0 Å². The number of anilines is 1. The molecule has 1 aliphatic rings. The van der Waals surface area contributed by atoms with Crippen LogP contribution in [-0.2, 0) is 11.3 Å². The summed E-state index contributed by atoms with van der Waals surface area (Å²) in [4.78, 5) is 34.7. The minimum atomic E-state index is -0.711. The summed E-state index contributed by atoms with van der Waals surface area (Å²) in [5.74, 6) is -0.446. The summed E-state index contributed by atoms with van der Waals surface area (Å²) in [6, 6.07) is 11.0. The van der Waals surface area contributed by atoms with Gasteiger partial charge in [0.1, 0.15) is 0 Å². The van der Waals surface area contributed by atoms with Gasteiger partial charge >= 0.3 is 0 Å². The van der Waals surface area contributed by atoms with Gasteiger partial charge < -0.3 is 15.4 Å². The molecule has 128 valence electrons. The highest BCUT2D eigenvalue weighted by Crippen LogP contribution is 2.33. The van der Waals surface area contributed by atoms with Gasteiger partial charge in [-0.25, -0.2) is 0 Å². The summed E-state index contributed by atoms with van der Waals surface area (Å²) in [6.07, 6.45) is -0.711.